The number of hydrogen-bond donors (Lipinski definition) is 1. The van der Waals surface area contributed by atoms with E-state index >= 15 is 0 Å². The van der Waals surface area contributed by atoms with Gasteiger partial charge in [-0.2, -0.15) is 0 Å². The van der Waals surface area contributed by atoms with Crippen LogP contribution >= 0.6 is 0 Å². The molecule has 3 aliphatic heterocycles. The minimum atomic E-state index is -0.618. The molecule has 10 nitrogen and oxygen atoms in total. The summed E-state index contributed by atoms with van der Waals surface area (Å²) in [6.45, 7) is 2.92. The summed E-state index contributed by atoms with van der Waals surface area (Å²) >= 11 is 0. The highest BCUT2D eigenvalue weighted by Gasteiger charge is 2.39. The lowest BCUT2D eigenvalue weighted by Crippen LogP contribution is -2.52. The van der Waals surface area contributed by atoms with Gasteiger partial charge in [-0.25, -0.2) is 4.98 Å². The van der Waals surface area contributed by atoms with Crippen molar-refractivity contribution in [3.05, 3.63) is 65.2 Å². The smallest absolute Gasteiger partial charge is 0.255 e. The zero-order valence-electron chi connectivity index (χ0n) is 25.0. The first kappa shape index (κ1) is 28.7. The van der Waals surface area contributed by atoms with Gasteiger partial charge in [-0.15, -0.1) is 0 Å². The Labute approximate surface area is 256 Å². The minimum Gasteiger partial charge on any atom is -0.489 e. The van der Waals surface area contributed by atoms with Crippen LogP contribution in [0.4, 0.5) is 0 Å². The fourth-order valence-electron chi connectivity index (χ4n) is 6.99. The zero-order chi connectivity index (χ0) is 30.2. The predicted octanol–water partition coefficient (Wildman–Crippen LogP) is 3.99. The van der Waals surface area contributed by atoms with Crippen LogP contribution in [0, 0.1) is 0 Å². The summed E-state index contributed by atoms with van der Waals surface area (Å²) in [6, 6.07) is 15.4. The number of likely N-dealkylation sites (tertiary alicyclic amines) is 1. The number of methoxy groups -OCH3 is 1. The van der Waals surface area contributed by atoms with Gasteiger partial charge < -0.3 is 19.1 Å². The summed E-state index contributed by atoms with van der Waals surface area (Å²) in [7, 11) is 1.78. The van der Waals surface area contributed by atoms with Crippen LogP contribution < -0.4 is 14.8 Å². The van der Waals surface area contributed by atoms with E-state index in [1.807, 2.05) is 18.2 Å². The highest BCUT2D eigenvalue weighted by molar-refractivity contribution is 6.05. The van der Waals surface area contributed by atoms with Gasteiger partial charge >= 0.3 is 0 Å². The molecule has 0 bridgehead atoms. The lowest BCUT2D eigenvalue weighted by Gasteiger charge is -2.29. The maximum absolute atomic E-state index is 13.0. The molecule has 230 valence electrons. The molecular formula is C34H38N4O6. The minimum absolute atomic E-state index is 0.0529. The van der Waals surface area contributed by atoms with E-state index in [4.69, 9.17) is 19.2 Å². The Morgan fingerprint density at radius 3 is 2.55 bits per heavy atom. The molecule has 2 saturated heterocycles. The Morgan fingerprint density at radius 2 is 1.73 bits per heavy atom. The van der Waals surface area contributed by atoms with Gasteiger partial charge in [-0.1, -0.05) is 6.07 Å². The van der Waals surface area contributed by atoms with Crippen molar-refractivity contribution in [1.82, 2.24) is 20.1 Å². The zero-order valence-corrected chi connectivity index (χ0v) is 25.0. The van der Waals surface area contributed by atoms with Gasteiger partial charge in [0.1, 0.15) is 24.0 Å². The number of benzene rings is 2. The Kier molecular flexibility index (Phi) is 7.95. The third-order valence-corrected chi connectivity index (χ3v) is 9.40. The van der Waals surface area contributed by atoms with E-state index in [0.29, 0.717) is 30.5 Å². The molecule has 1 aliphatic carbocycles. The van der Waals surface area contributed by atoms with Crippen molar-refractivity contribution in [2.24, 2.45) is 0 Å². The Bertz CT molecular complexity index is 1590. The first-order chi connectivity index (χ1) is 21.4. The molecule has 3 fully saturated rings. The van der Waals surface area contributed by atoms with Crippen LogP contribution in [0.5, 0.6) is 11.6 Å². The quantitative estimate of drug-likeness (QED) is 0.388. The highest BCUT2D eigenvalue weighted by atomic mass is 16.5. The van der Waals surface area contributed by atoms with Crippen molar-refractivity contribution in [2.75, 3.05) is 20.2 Å². The van der Waals surface area contributed by atoms with Gasteiger partial charge in [0, 0.05) is 56.7 Å². The number of nitrogens with one attached hydrogen (secondary N) is 1. The van der Waals surface area contributed by atoms with Crippen LogP contribution in [0.1, 0.15) is 66.4 Å². The molecular weight excluding hydrogens is 560 g/mol. The van der Waals surface area contributed by atoms with Crippen LogP contribution in [0.2, 0.25) is 0 Å². The number of hydrogen-bond acceptors (Lipinski definition) is 8. The van der Waals surface area contributed by atoms with E-state index < -0.39 is 11.9 Å². The van der Waals surface area contributed by atoms with E-state index in [9.17, 15) is 14.4 Å². The van der Waals surface area contributed by atoms with Crippen LogP contribution in [-0.2, 0) is 27.4 Å². The maximum atomic E-state index is 13.0. The van der Waals surface area contributed by atoms with E-state index in [2.05, 4.69) is 34.5 Å². The summed E-state index contributed by atoms with van der Waals surface area (Å²) < 4.78 is 18.0. The van der Waals surface area contributed by atoms with Crippen LogP contribution in [0.15, 0.2) is 48.5 Å². The molecule has 1 saturated carbocycles. The monoisotopic (exact) mass is 598 g/mol. The van der Waals surface area contributed by atoms with Crippen LogP contribution in [-0.4, -0.2) is 77.1 Å². The van der Waals surface area contributed by atoms with E-state index in [-0.39, 0.29) is 30.4 Å². The molecule has 44 heavy (non-hydrogen) atoms. The summed E-state index contributed by atoms with van der Waals surface area (Å²) in [4.78, 5) is 45.6. The number of nitrogens with zero attached hydrogens (tertiary/aromatic N) is 3. The Hall–Kier alpha value is -4.02. The summed E-state index contributed by atoms with van der Waals surface area (Å²) in [5, 5.41) is 3.45. The SMILES string of the molecule is COC1CCC(Oc2ccc3cc(CN4CCC(Oc5ccc6c(c5)CN(C5CCC(=O)NC5=O)C6=O)C4)ccc3n2)CC1. The maximum Gasteiger partial charge on any atom is 0.255 e. The molecule has 1 N–H and O–H groups in total. The van der Waals surface area contributed by atoms with Gasteiger partial charge in [0.15, 0.2) is 0 Å². The first-order valence-electron chi connectivity index (χ1n) is 15.7. The number of carbonyl (C=O) groups excluding carboxylic acids is 3. The molecule has 7 rings (SSSR count). The Morgan fingerprint density at radius 1 is 0.886 bits per heavy atom. The largest absolute Gasteiger partial charge is 0.489 e. The number of ether oxygens (including phenoxy) is 3. The molecule has 3 aromatic rings. The van der Waals surface area contributed by atoms with Crippen molar-refractivity contribution in [2.45, 2.75) is 82.4 Å². The number of piperidine rings is 1. The van der Waals surface area contributed by atoms with Gasteiger partial charge in [-0.05, 0) is 86.1 Å². The molecule has 2 atom stereocenters. The van der Waals surface area contributed by atoms with Crippen molar-refractivity contribution < 1.29 is 28.6 Å². The van der Waals surface area contributed by atoms with Gasteiger partial charge in [-0.3, -0.25) is 24.6 Å². The average Bonchev–Trinajstić information content (AvgIpc) is 3.60. The standard InChI is InChI=1S/C34H38N4O6/c1-42-24-4-6-25(7-5-24)44-32-13-3-22-16-21(2-10-29(22)35-32)18-37-15-14-27(20-37)43-26-8-9-28-23(17-26)19-38(34(28)41)30-11-12-31(39)36-33(30)40/h2-3,8-10,13,16-17,24-25,27,30H,4-7,11-12,14-15,18-20H2,1H3,(H,36,39,40). The number of pyridine rings is 1. The van der Waals surface area contributed by atoms with Gasteiger partial charge in [0.05, 0.1) is 11.6 Å². The van der Waals surface area contributed by atoms with Crippen molar-refractivity contribution in [3.63, 3.8) is 0 Å². The second-order valence-corrected chi connectivity index (χ2v) is 12.4. The fourth-order valence-corrected chi connectivity index (χ4v) is 6.99. The number of rotatable bonds is 8. The molecule has 2 unspecified atom stereocenters. The molecule has 10 heteroatoms. The molecule has 2 aromatic carbocycles. The third kappa shape index (κ3) is 6.01. The Balaban J connectivity index is 0.927. The second kappa shape index (κ2) is 12.2. The highest BCUT2D eigenvalue weighted by Crippen LogP contribution is 2.32. The third-order valence-electron chi connectivity index (χ3n) is 9.40. The molecule has 0 spiro atoms. The topological polar surface area (TPSA) is 110 Å². The van der Waals surface area contributed by atoms with E-state index in [0.717, 1.165) is 74.0 Å². The van der Waals surface area contributed by atoms with Gasteiger partial charge in [0.25, 0.3) is 5.91 Å². The molecule has 0 radical (unpaired) electrons. The fraction of sp³-hybridized carbons (Fsp3) is 0.471. The van der Waals surface area contributed by atoms with Crippen molar-refractivity contribution in [3.8, 4) is 11.6 Å². The molecule has 4 heterocycles. The van der Waals surface area contributed by atoms with E-state index in [1.165, 1.54) is 5.56 Å². The number of carbonyl (C=O) groups is 3. The summed E-state index contributed by atoms with van der Waals surface area (Å²) in [5.41, 5.74) is 3.61. The van der Waals surface area contributed by atoms with Gasteiger partial charge in [0.2, 0.25) is 17.7 Å². The lowest BCUT2D eigenvalue weighted by atomic mass is 9.95. The predicted molar refractivity (Wildman–Crippen MR) is 162 cm³/mol. The number of aromatic nitrogens is 1. The van der Waals surface area contributed by atoms with Crippen molar-refractivity contribution >= 4 is 28.6 Å². The number of imide groups is 1. The summed E-state index contributed by atoms with van der Waals surface area (Å²) in [5.74, 6) is 0.555. The summed E-state index contributed by atoms with van der Waals surface area (Å²) in [6.07, 6.45) is 6.15. The molecule has 1 aromatic heterocycles. The number of fused-ring (bicyclic) bond motifs is 2. The van der Waals surface area contributed by atoms with E-state index in [1.54, 1.807) is 18.1 Å². The number of amides is 3. The molecule has 4 aliphatic rings. The second-order valence-electron chi connectivity index (χ2n) is 12.4. The normalized spacial score (nSPS) is 25.8. The van der Waals surface area contributed by atoms with Crippen LogP contribution in [0.3, 0.4) is 0 Å². The first-order valence-corrected chi connectivity index (χ1v) is 15.7. The molecule has 3 amide bonds. The van der Waals surface area contributed by atoms with Crippen LogP contribution in [0.25, 0.3) is 10.9 Å². The average molecular weight is 599 g/mol. The van der Waals surface area contributed by atoms with Crippen molar-refractivity contribution in [1.29, 1.82) is 0 Å². The lowest BCUT2D eigenvalue weighted by molar-refractivity contribution is -0.136.